The van der Waals surface area contributed by atoms with Crippen molar-refractivity contribution < 1.29 is 0 Å². The maximum absolute atomic E-state index is 5.90. The van der Waals surface area contributed by atoms with Crippen molar-refractivity contribution in [3.8, 4) is 0 Å². The van der Waals surface area contributed by atoms with Gasteiger partial charge in [-0.15, -0.1) is 11.6 Å². The first-order valence-electron chi connectivity index (χ1n) is 7.65. The van der Waals surface area contributed by atoms with Crippen LogP contribution in [0.5, 0.6) is 0 Å². The number of hydrogen-bond acceptors (Lipinski definition) is 2. The fraction of sp³-hybridized carbons (Fsp3) is 0.389. The lowest BCUT2D eigenvalue weighted by atomic mass is 9.90. The van der Waals surface area contributed by atoms with Gasteiger partial charge in [0.2, 0.25) is 0 Å². The Balaban J connectivity index is 1.57. The number of alkyl halides is 1. The lowest BCUT2D eigenvalue weighted by molar-refractivity contribution is 0.402. The van der Waals surface area contributed by atoms with Gasteiger partial charge in [0.05, 0.1) is 0 Å². The molecule has 1 aliphatic heterocycles. The summed E-state index contributed by atoms with van der Waals surface area (Å²) in [5, 5.41) is 0. The molecule has 3 heteroatoms. The molecule has 21 heavy (non-hydrogen) atoms. The van der Waals surface area contributed by atoms with E-state index in [1.54, 1.807) is 0 Å². The van der Waals surface area contributed by atoms with Crippen molar-refractivity contribution in [1.29, 1.82) is 0 Å². The number of rotatable bonds is 4. The van der Waals surface area contributed by atoms with Gasteiger partial charge in [-0.1, -0.05) is 30.3 Å². The van der Waals surface area contributed by atoms with Crippen molar-refractivity contribution >= 4 is 17.4 Å². The molecule has 2 heterocycles. The second-order valence-corrected chi connectivity index (χ2v) is 6.04. The molecule has 0 N–H and O–H groups in total. The van der Waals surface area contributed by atoms with Crippen LogP contribution in [0, 0.1) is 5.92 Å². The van der Waals surface area contributed by atoms with Gasteiger partial charge in [-0.3, -0.25) is 0 Å². The standard InChI is InChI=1S/C18H21ClN2/c19-14-17-6-9-20-18(13-17)21-10-7-16(8-11-21)12-15-4-2-1-3-5-15/h1-6,9,13,16H,7-8,10-12,14H2. The minimum atomic E-state index is 0.556. The molecule has 0 amide bonds. The third-order valence-corrected chi connectivity index (χ3v) is 4.58. The van der Waals surface area contributed by atoms with E-state index in [4.69, 9.17) is 11.6 Å². The molecule has 2 aromatic rings. The van der Waals surface area contributed by atoms with E-state index in [0.29, 0.717) is 5.88 Å². The molecule has 0 unspecified atom stereocenters. The molecule has 110 valence electrons. The second kappa shape index (κ2) is 6.95. The van der Waals surface area contributed by atoms with Crippen LogP contribution < -0.4 is 4.90 Å². The Morgan fingerprint density at radius 3 is 2.52 bits per heavy atom. The first-order chi connectivity index (χ1) is 10.3. The van der Waals surface area contributed by atoms with Crippen molar-refractivity contribution in [2.45, 2.75) is 25.1 Å². The molecule has 0 spiro atoms. The number of benzene rings is 1. The minimum absolute atomic E-state index is 0.556. The van der Waals surface area contributed by atoms with Crippen molar-refractivity contribution in [1.82, 2.24) is 4.98 Å². The minimum Gasteiger partial charge on any atom is -0.357 e. The molecule has 2 nitrogen and oxygen atoms in total. The SMILES string of the molecule is ClCc1ccnc(N2CCC(Cc3ccccc3)CC2)c1. The summed E-state index contributed by atoms with van der Waals surface area (Å²) in [5.41, 5.74) is 2.60. The van der Waals surface area contributed by atoms with E-state index < -0.39 is 0 Å². The molecular weight excluding hydrogens is 280 g/mol. The van der Waals surface area contributed by atoms with Crippen LogP contribution in [0.1, 0.15) is 24.0 Å². The fourth-order valence-electron chi connectivity index (χ4n) is 3.03. The zero-order valence-electron chi connectivity index (χ0n) is 12.2. The topological polar surface area (TPSA) is 16.1 Å². The van der Waals surface area contributed by atoms with Crippen LogP contribution in [0.15, 0.2) is 48.7 Å². The summed E-state index contributed by atoms with van der Waals surface area (Å²) in [4.78, 5) is 6.87. The van der Waals surface area contributed by atoms with Gasteiger partial charge in [-0.2, -0.15) is 0 Å². The predicted octanol–water partition coefficient (Wildman–Crippen LogP) is 4.28. The molecular formula is C18H21ClN2. The normalized spacial score (nSPS) is 16.1. The summed E-state index contributed by atoms with van der Waals surface area (Å²) >= 11 is 5.90. The number of pyridine rings is 1. The number of nitrogens with zero attached hydrogens (tertiary/aromatic N) is 2. The van der Waals surface area contributed by atoms with Crippen LogP contribution in [0.25, 0.3) is 0 Å². The molecule has 0 atom stereocenters. The highest BCUT2D eigenvalue weighted by Crippen LogP contribution is 2.25. The molecule has 1 saturated heterocycles. The van der Waals surface area contributed by atoms with Crippen LogP contribution in [-0.2, 0) is 12.3 Å². The molecule has 0 aliphatic carbocycles. The highest BCUT2D eigenvalue weighted by atomic mass is 35.5. The lowest BCUT2D eigenvalue weighted by Gasteiger charge is -2.33. The molecule has 1 aromatic carbocycles. The number of hydrogen-bond donors (Lipinski definition) is 0. The van der Waals surface area contributed by atoms with Gasteiger partial charge in [-0.25, -0.2) is 4.98 Å². The maximum atomic E-state index is 5.90. The van der Waals surface area contributed by atoms with Crippen LogP contribution in [-0.4, -0.2) is 18.1 Å². The Morgan fingerprint density at radius 1 is 1.05 bits per heavy atom. The van der Waals surface area contributed by atoms with Crippen LogP contribution in [0.2, 0.25) is 0 Å². The Kier molecular flexibility index (Phi) is 4.76. The van der Waals surface area contributed by atoms with Gasteiger partial charge in [-0.05, 0) is 48.4 Å². The van der Waals surface area contributed by atoms with Crippen molar-refractivity contribution in [2.75, 3.05) is 18.0 Å². The monoisotopic (exact) mass is 300 g/mol. The highest BCUT2D eigenvalue weighted by molar-refractivity contribution is 6.17. The summed E-state index contributed by atoms with van der Waals surface area (Å²) in [7, 11) is 0. The number of piperidine rings is 1. The Labute approximate surface area is 131 Å². The third-order valence-electron chi connectivity index (χ3n) is 4.27. The molecule has 0 saturated carbocycles. The lowest BCUT2D eigenvalue weighted by Crippen LogP contribution is -2.34. The van der Waals surface area contributed by atoms with Gasteiger partial charge in [0.1, 0.15) is 5.82 Å². The molecule has 0 bridgehead atoms. The summed E-state index contributed by atoms with van der Waals surface area (Å²) < 4.78 is 0. The van der Waals surface area contributed by atoms with E-state index in [1.165, 1.54) is 24.8 Å². The van der Waals surface area contributed by atoms with Crippen LogP contribution >= 0.6 is 11.6 Å². The van der Waals surface area contributed by atoms with E-state index in [-0.39, 0.29) is 0 Å². The van der Waals surface area contributed by atoms with Crippen molar-refractivity contribution in [2.24, 2.45) is 5.92 Å². The number of aromatic nitrogens is 1. The Hall–Kier alpha value is -1.54. The Morgan fingerprint density at radius 2 is 1.81 bits per heavy atom. The molecule has 1 aliphatic rings. The molecule has 1 aromatic heterocycles. The number of anilines is 1. The zero-order valence-corrected chi connectivity index (χ0v) is 13.0. The van der Waals surface area contributed by atoms with E-state index in [1.807, 2.05) is 12.3 Å². The van der Waals surface area contributed by atoms with E-state index in [9.17, 15) is 0 Å². The first kappa shape index (κ1) is 14.4. The quantitative estimate of drug-likeness (QED) is 0.784. The molecule has 0 radical (unpaired) electrons. The first-order valence-corrected chi connectivity index (χ1v) is 8.18. The van der Waals surface area contributed by atoms with Crippen molar-refractivity contribution in [3.63, 3.8) is 0 Å². The van der Waals surface area contributed by atoms with Gasteiger partial charge in [0.25, 0.3) is 0 Å². The van der Waals surface area contributed by atoms with Crippen LogP contribution in [0.3, 0.4) is 0 Å². The Bertz CT molecular complexity index is 562. The van der Waals surface area contributed by atoms with Gasteiger partial charge >= 0.3 is 0 Å². The van der Waals surface area contributed by atoms with E-state index >= 15 is 0 Å². The highest BCUT2D eigenvalue weighted by Gasteiger charge is 2.20. The van der Waals surface area contributed by atoms with Gasteiger partial charge in [0, 0.05) is 25.2 Å². The van der Waals surface area contributed by atoms with E-state index in [2.05, 4.69) is 46.3 Å². The van der Waals surface area contributed by atoms with Gasteiger partial charge in [0.15, 0.2) is 0 Å². The third kappa shape index (κ3) is 3.76. The summed E-state index contributed by atoms with van der Waals surface area (Å²) in [6.07, 6.45) is 5.54. The zero-order chi connectivity index (χ0) is 14.5. The van der Waals surface area contributed by atoms with Gasteiger partial charge < -0.3 is 4.90 Å². The fourth-order valence-corrected chi connectivity index (χ4v) is 3.20. The smallest absolute Gasteiger partial charge is 0.128 e. The van der Waals surface area contributed by atoms with Crippen LogP contribution in [0.4, 0.5) is 5.82 Å². The summed E-state index contributed by atoms with van der Waals surface area (Å²) in [6.45, 7) is 2.19. The summed E-state index contributed by atoms with van der Waals surface area (Å²) in [6, 6.07) is 14.9. The molecule has 1 fully saturated rings. The average Bonchev–Trinajstić information content (AvgIpc) is 2.56. The second-order valence-electron chi connectivity index (χ2n) is 5.78. The van der Waals surface area contributed by atoms with E-state index in [0.717, 1.165) is 30.4 Å². The largest absolute Gasteiger partial charge is 0.357 e. The number of halogens is 1. The maximum Gasteiger partial charge on any atom is 0.128 e. The predicted molar refractivity (Wildman–Crippen MR) is 88.9 cm³/mol. The molecule has 3 rings (SSSR count). The van der Waals surface area contributed by atoms with Crippen molar-refractivity contribution in [3.05, 3.63) is 59.8 Å². The summed E-state index contributed by atoms with van der Waals surface area (Å²) in [5.74, 6) is 2.42. The average molecular weight is 301 g/mol.